The van der Waals surface area contributed by atoms with Crippen molar-refractivity contribution in [2.45, 2.75) is 12.3 Å². The van der Waals surface area contributed by atoms with Gasteiger partial charge < -0.3 is 4.74 Å². The van der Waals surface area contributed by atoms with Crippen LogP contribution in [0.3, 0.4) is 0 Å². The summed E-state index contributed by atoms with van der Waals surface area (Å²) in [5.41, 5.74) is 1.57. The predicted molar refractivity (Wildman–Crippen MR) is 82.0 cm³/mol. The Bertz CT molecular complexity index is 661. The van der Waals surface area contributed by atoms with Crippen molar-refractivity contribution in [1.82, 2.24) is 0 Å². The van der Waals surface area contributed by atoms with E-state index in [9.17, 15) is 10.1 Å². The molecule has 0 aliphatic rings. The van der Waals surface area contributed by atoms with Gasteiger partial charge in [0, 0.05) is 16.4 Å². The van der Waals surface area contributed by atoms with Gasteiger partial charge in [-0.3, -0.25) is 10.1 Å². The molecule has 104 valence electrons. The molecule has 0 saturated heterocycles. The number of nitro benzene ring substituents is 1. The van der Waals surface area contributed by atoms with Gasteiger partial charge in [-0.1, -0.05) is 33.6 Å². The average molecular weight is 357 g/mol. The Morgan fingerprint density at radius 3 is 2.55 bits per heavy atom. The molecule has 0 aromatic heterocycles. The van der Waals surface area contributed by atoms with E-state index >= 15 is 0 Å². The molecule has 0 amide bonds. The molecule has 0 saturated carbocycles. The molecule has 2 aromatic rings. The number of rotatable bonds is 4. The Kier molecular flexibility index (Phi) is 4.62. The first kappa shape index (κ1) is 14.8. The lowest BCUT2D eigenvalue weighted by Crippen LogP contribution is -1.95. The van der Waals surface area contributed by atoms with E-state index in [0.29, 0.717) is 16.1 Å². The van der Waals surface area contributed by atoms with Gasteiger partial charge in [0.1, 0.15) is 5.75 Å². The normalized spacial score (nSPS) is 10.3. The van der Waals surface area contributed by atoms with Crippen molar-refractivity contribution in [3.05, 3.63) is 62.7 Å². The molecule has 0 spiro atoms. The molecule has 2 aromatic carbocycles. The van der Waals surface area contributed by atoms with E-state index in [1.807, 2.05) is 6.92 Å². The molecule has 2 rings (SSSR count). The molecule has 0 bridgehead atoms. The Morgan fingerprint density at radius 1 is 1.25 bits per heavy atom. The number of benzene rings is 2. The highest BCUT2D eigenvalue weighted by molar-refractivity contribution is 9.08. The monoisotopic (exact) mass is 355 g/mol. The standard InChI is InChI=1S/C14H11BrClNO3/c1-9-6-11(16)3-5-13(9)20-14-4-2-10(8-15)7-12(14)17(18)19/h2-7H,8H2,1H3. The molecule has 0 aliphatic heterocycles. The second-order valence-corrected chi connectivity index (χ2v) is 5.20. The molecular formula is C14H11BrClNO3. The van der Waals surface area contributed by atoms with Crippen molar-refractivity contribution in [2.75, 3.05) is 0 Å². The number of alkyl halides is 1. The highest BCUT2D eigenvalue weighted by atomic mass is 79.9. The summed E-state index contributed by atoms with van der Waals surface area (Å²) in [5, 5.41) is 12.3. The average Bonchev–Trinajstić information content (AvgIpc) is 2.42. The van der Waals surface area contributed by atoms with Crippen molar-refractivity contribution in [2.24, 2.45) is 0 Å². The van der Waals surface area contributed by atoms with Crippen LogP contribution in [0.1, 0.15) is 11.1 Å². The van der Waals surface area contributed by atoms with Gasteiger partial charge in [-0.05, 0) is 42.3 Å². The first-order valence-electron chi connectivity index (χ1n) is 5.78. The summed E-state index contributed by atoms with van der Waals surface area (Å²) in [6.07, 6.45) is 0. The summed E-state index contributed by atoms with van der Waals surface area (Å²) in [5.74, 6) is 0.759. The van der Waals surface area contributed by atoms with Crippen molar-refractivity contribution in [1.29, 1.82) is 0 Å². The lowest BCUT2D eigenvalue weighted by molar-refractivity contribution is -0.385. The molecule has 0 radical (unpaired) electrons. The first-order valence-corrected chi connectivity index (χ1v) is 7.28. The van der Waals surface area contributed by atoms with E-state index in [-0.39, 0.29) is 11.4 Å². The van der Waals surface area contributed by atoms with Crippen molar-refractivity contribution in [3.8, 4) is 11.5 Å². The van der Waals surface area contributed by atoms with Gasteiger partial charge in [-0.2, -0.15) is 0 Å². The number of halogens is 2. The summed E-state index contributed by atoms with van der Waals surface area (Å²) >= 11 is 9.15. The van der Waals surface area contributed by atoms with Crippen LogP contribution in [0.25, 0.3) is 0 Å². The van der Waals surface area contributed by atoms with Gasteiger partial charge in [0.25, 0.3) is 0 Å². The maximum absolute atomic E-state index is 11.1. The topological polar surface area (TPSA) is 52.4 Å². The highest BCUT2D eigenvalue weighted by Gasteiger charge is 2.17. The Hall–Kier alpha value is -1.59. The van der Waals surface area contributed by atoms with Crippen LogP contribution in [0.15, 0.2) is 36.4 Å². The maximum atomic E-state index is 11.1. The van der Waals surface area contributed by atoms with Crippen LogP contribution in [0, 0.1) is 17.0 Å². The Morgan fingerprint density at radius 2 is 1.95 bits per heavy atom. The van der Waals surface area contributed by atoms with Gasteiger partial charge in [0.15, 0.2) is 0 Å². The van der Waals surface area contributed by atoms with Crippen LogP contribution in [0.2, 0.25) is 5.02 Å². The van der Waals surface area contributed by atoms with Crippen LogP contribution in [0.5, 0.6) is 11.5 Å². The summed E-state index contributed by atoms with van der Waals surface area (Å²) in [6.45, 7) is 1.83. The molecule has 0 unspecified atom stereocenters. The first-order chi connectivity index (χ1) is 9.51. The fourth-order valence-electron chi connectivity index (χ4n) is 1.72. The molecule has 0 fully saturated rings. The minimum Gasteiger partial charge on any atom is -0.450 e. The number of aryl methyl sites for hydroxylation is 1. The van der Waals surface area contributed by atoms with Crippen molar-refractivity contribution < 1.29 is 9.66 Å². The molecule has 20 heavy (non-hydrogen) atoms. The Labute approximate surface area is 129 Å². The van der Waals surface area contributed by atoms with Crippen LogP contribution < -0.4 is 4.74 Å². The largest absolute Gasteiger partial charge is 0.450 e. The predicted octanol–water partition coefficient (Wildman–Crippen LogP) is 5.24. The molecule has 6 heteroatoms. The molecular weight excluding hydrogens is 346 g/mol. The number of hydrogen-bond acceptors (Lipinski definition) is 3. The second-order valence-electron chi connectivity index (χ2n) is 4.20. The van der Waals surface area contributed by atoms with E-state index < -0.39 is 4.92 Å². The van der Waals surface area contributed by atoms with Gasteiger partial charge in [0.05, 0.1) is 4.92 Å². The molecule has 0 aliphatic carbocycles. The van der Waals surface area contributed by atoms with Gasteiger partial charge in [-0.15, -0.1) is 0 Å². The van der Waals surface area contributed by atoms with E-state index in [1.54, 1.807) is 30.3 Å². The fraction of sp³-hybridized carbons (Fsp3) is 0.143. The van der Waals surface area contributed by atoms with Gasteiger partial charge >= 0.3 is 5.69 Å². The maximum Gasteiger partial charge on any atom is 0.311 e. The number of nitro groups is 1. The van der Waals surface area contributed by atoms with Crippen LogP contribution in [0.4, 0.5) is 5.69 Å². The van der Waals surface area contributed by atoms with E-state index in [1.165, 1.54) is 6.07 Å². The molecule has 0 N–H and O–H groups in total. The van der Waals surface area contributed by atoms with Crippen LogP contribution in [-0.2, 0) is 5.33 Å². The lowest BCUT2D eigenvalue weighted by atomic mass is 10.2. The minimum absolute atomic E-state index is 0.0590. The van der Waals surface area contributed by atoms with E-state index in [2.05, 4.69) is 15.9 Å². The number of ether oxygens (including phenoxy) is 1. The lowest BCUT2D eigenvalue weighted by Gasteiger charge is -2.10. The zero-order chi connectivity index (χ0) is 14.7. The van der Waals surface area contributed by atoms with Crippen LogP contribution in [-0.4, -0.2) is 4.92 Å². The molecule has 4 nitrogen and oxygen atoms in total. The van der Waals surface area contributed by atoms with Crippen molar-refractivity contribution >= 4 is 33.2 Å². The minimum atomic E-state index is -0.452. The zero-order valence-electron chi connectivity index (χ0n) is 10.6. The highest BCUT2D eigenvalue weighted by Crippen LogP contribution is 2.34. The SMILES string of the molecule is Cc1cc(Cl)ccc1Oc1ccc(CBr)cc1[N+](=O)[O-]. The summed E-state index contributed by atoms with van der Waals surface area (Å²) in [4.78, 5) is 10.7. The third-order valence-electron chi connectivity index (χ3n) is 2.73. The molecule has 0 atom stereocenters. The van der Waals surface area contributed by atoms with Gasteiger partial charge in [0.2, 0.25) is 5.75 Å². The Balaban J connectivity index is 2.40. The number of hydrogen-bond donors (Lipinski definition) is 0. The molecule has 0 heterocycles. The summed E-state index contributed by atoms with van der Waals surface area (Å²) < 4.78 is 5.64. The smallest absolute Gasteiger partial charge is 0.311 e. The zero-order valence-corrected chi connectivity index (χ0v) is 12.9. The van der Waals surface area contributed by atoms with E-state index in [0.717, 1.165) is 11.1 Å². The number of nitrogens with zero attached hydrogens (tertiary/aromatic N) is 1. The summed E-state index contributed by atoms with van der Waals surface area (Å²) in [6, 6.07) is 10.00. The second kappa shape index (κ2) is 6.24. The quantitative estimate of drug-likeness (QED) is 0.427. The van der Waals surface area contributed by atoms with Crippen LogP contribution >= 0.6 is 27.5 Å². The van der Waals surface area contributed by atoms with Gasteiger partial charge in [-0.25, -0.2) is 0 Å². The third kappa shape index (κ3) is 3.29. The van der Waals surface area contributed by atoms with E-state index in [4.69, 9.17) is 16.3 Å². The summed E-state index contributed by atoms with van der Waals surface area (Å²) in [7, 11) is 0. The van der Waals surface area contributed by atoms with Crippen molar-refractivity contribution in [3.63, 3.8) is 0 Å². The third-order valence-corrected chi connectivity index (χ3v) is 3.61. The fourth-order valence-corrected chi connectivity index (χ4v) is 2.30.